The number of halogens is 4. The average Bonchev–Trinajstić information content (AvgIpc) is 3.22. The summed E-state index contributed by atoms with van der Waals surface area (Å²) in [5.74, 6) is -3.39. The van der Waals surface area contributed by atoms with Gasteiger partial charge in [0.25, 0.3) is 0 Å². The van der Waals surface area contributed by atoms with Gasteiger partial charge in [-0.15, -0.1) is 11.3 Å². The van der Waals surface area contributed by atoms with Gasteiger partial charge >= 0.3 is 5.97 Å². The molecule has 1 heterocycles. The van der Waals surface area contributed by atoms with E-state index < -0.39 is 17.6 Å². The number of carboxylic acid groups (broad SMARTS) is 1. The van der Waals surface area contributed by atoms with Gasteiger partial charge in [-0.25, -0.2) is 18.6 Å². The van der Waals surface area contributed by atoms with E-state index >= 15 is 0 Å². The molecule has 3 aromatic carbocycles. The van der Waals surface area contributed by atoms with E-state index in [0.29, 0.717) is 26.3 Å². The third kappa shape index (κ3) is 3.81. The van der Waals surface area contributed by atoms with Crippen LogP contribution in [0.3, 0.4) is 0 Å². The zero-order valence-electron chi connectivity index (χ0n) is 15.0. The lowest BCUT2D eigenvalue weighted by molar-refractivity contribution is 0.0697. The molecule has 1 N–H and O–H groups in total. The van der Waals surface area contributed by atoms with E-state index in [-0.39, 0.29) is 16.7 Å². The third-order valence-corrected chi connectivity index (χ3v) is 6.09. The molecular weight excluding hydrogens is 451 g/mol. The number of carbonyl (C=O) groups is 1. The highest BCUT2D eigenvalue weighted by atomic mass is 35.5. The Kier molecular flexibility index (Phi) is 5.56. The van der Waals surface area contributed by atoms with Gasteiger partial charge in [-0.2, -0.15) is 0 Å². The molecule has 0 aliphatic carbocycles. The van der Waals surface area contributed by atoms with Gasteiger partial charge in [0, 0.05) is 22.1 Å². The monoisotopic (exact) mass is 461 g/mol. The van der Waals surface area contributed by atoms with Crippen molar-refractivity contribution in [3.8, 4) is 33.0 Å². The largest absolute Gasteiger partial charge is 0.478 e. The van der Waals surface area contributed by atoms with Crippen molar-refractivity contribution < 1.29 is 18.7 Å². The molecule has 30 heavy (non-hydrogen) atoms. The highest BCUT2D eigenvalue weighted by Gasteiger charge is 2.19. The summed E-state index contributed by atoms with van der Waals surface area (Å²) in [6, 6.07) is 13.3. The molecule has 0 amide bonds. The first-order chi connectivity index (χ1) is 14.3. The summed E-state index contributed by atoms with van der Waals surface area (Å²) >= 11 is 13.3. The summed E-state index contributed by atoms with van der Waals surface area (Å²) in [6.45, 7) is 0. The molecule has 0 saturated carbocycles. The van der Waals surface area contributed by atoms with Crippen LogP contribution in [0, 0.1) is 11.6 Å². The van der Waals surface area contributed by atoms with E-state index in [9.17, 15) is 18.7 Å². The first kappa shape index (κ1) is 20.5. The van der Waals surface area contributed by atoms with E-state index in [0.717, 1.165) is 11.6 Å². The quantitative estimate of drug-likeness (QED) is 0.343. The lowest BCUT2D eigenvalue weighted by atomic mass is 9.97. The van der Waals surface area contributed by atoms with Crippen molar-refractivity contribution >= 4 is 40.5 Å². The zero-order chi connectivity index (χ0) is 21.4. The zero-order valence-corrected chi connectivity index (χ0v) is 17.3. The molecule has 150 valence electrons. The van der Waals surface area contributed by atoms with E-state index in [1.54, 1.807) is 24.3 Å². The topological polar surface area (TPSA) is 50.2 Å². The van der Waals surface area contributed by atoms with Gasteiger partial charge in [-0.05, 0) is 29.8 Å². The minimum atomic E-state index is -1.25. The Morgan fingerprint density at radius 2 is 1.70 bits per heavy atom. The molecule has 0 fully saturated rings. The normalized spacial score (nSPS) is 10.9. The second-order valence-electron chi connectivity index (χ2n) is 6.33. The maximum Gasteiger partial charge on any atom is 0.336 e. The van der Waals surface area contributed by atoms with Crippen molar-refractivity contribution in [1.29, 1.82) is 0 Å². The highest BCUT2D eigenvalue weighted by molar-refractivity contribution is 7.13. The summed E-state index contributed by atoms with van der Waals surface area (Å²) in [5, 5.41) is 12.9. The third-order valence-electron chi connectivity index (χ3n) is 4.46. The fourth-order valence-corrected chi connectivity index (χ4v) is 4.12. The van der Waals surface area contributed by atoms with Crippen LogP contribution in [0.25, 0.3) is 33.0 Å². The molecule has 0 radical (unpaired) electrons. The predicted octanol–water partition coefficient (Wildman–Crippen LogP) is 7.43. The molecule has 0 atom stereocenters. The van der Waals surface area contributed by atoms with Crippen LogP contribution in [0.2, 0.25) is 10.0 Å². The van der Waals surface area contributed by atoms with E-state index in [4.69, 9.17) is 23.2 Å². The minimum absolute atomic E-state index is 0.0875. The number of carboxylic acids is 1. The Morgan fingerprint density at radius 1 is 0.933 bits per heavy atom. The summed E-state index contributed by atoms with van der Waals surface area (Å²) in [6.07, 6.45) is 0. The maximum atomic E-state index is 14.2. The Hall–Kier alpha value is -2.80. The number of benzene rings is 3. The molecule has 0 aliphatic rings. The first-order valence-corrected chi connectivity index (χ1v) is 10.2. The van der Waals surface area contributed by atoms with Gasteiger partial charge in [-0.3, -0.25) is 0 Å². The molecule has 3 nitrogen and oxygen atoms in total. The lowest BCUT2D eigenvalue weighted by Crippen LogP contribution is -2.02. The molecule has 0 saturated heterocycles. The smallest absolute Gasteiger partial charge is 0.336 e. The van der Waals surface area contributed by atoms with Crippen LogP contribution in [0.15, 0.2) is 60.0 Å². The Labute approximate surface area is 184 Å². The second-order valence-corrected chi connectivity index (χ2v) is 8.01. The average molecular weight is 462 g/mol. The van der Waals surface area contributed by atoms with Gasteiger partial charge in [0.2, 0.25) is 0 Å². The number of hydrogen-bond donors (Lipinski definition) is 1. The fraction of sp³-hybridized carbons (Fsp3) is 0. The number of hydrogen-bond acceptors (Lipinski definition) is 3. The Balaban J connectivity index is 1.77. The highest BCUT2D eigenvalue weighted by Crippen LogP contribution is 2.35. The second kappa shape index (κ2) is 8.14. The Morgan fingerprint density at radius 3 is 2.43 bits per heavy atom. The molecule has 0 bridgehead atoms. The lowest BCUT2D eigenvalue weighted by Gasteiger charge is -2.09. The fourth-order valence-electron chi connectivity index (χ4n) is 3.00. The minimum Gasteiger partial charge on any atom is -0.478 e. The molecule has 4 rings (SSSR count). The SMILES string of the molecule is O=C(O)c1cc(-c2nc(-c3ccc(Cl)c(Cl)c3)cs2)ccc1-c1cccc(F)c1F. The van der Waals surface area contributed by atoms with Crippen molar-refractivity contribution in [2.75, 3.05) is 0 Å². The summed E-state index contributed by atoms with van der Waals surface area (Å²) in [4.78, 5) is 16.4. The maximum absolute atomic E-state index is 14.2. The molecule has 4 aromatic rings. The molecule has 0 spiro atoms. The van der Waals surface area contributed by atoms with Crippen LogP contribution in [0.1, 0.15) is 10.4 Å². The summed E-state index contributed by atoms with van der Waals surface area (Å²) in [5.41, 5.74) is 1.79. The van der Waals surface area contributed by atoms with E-state index in [1.165, 1.54) is 35.6 Å². The number of aromatic nitrogens is 1. The van der Waals surface area contributed by atoms with Crippen LogP contribution >= 0.6 is 34.5 Å². The standard InChI is InChI=1S/C22H11Cl2F2NO2S/c23-16-7-5-11(9-17(16)24)19-10-30-21(27-19)12-4-6-13(15(8-12)22(28)29)14-2-1-3-18(25)20(14)26/h1-10H,(H,28,29). The summed E-state index contributed by atoms with van der Waals surface area (Å²) < 4.78 is 27.8. The Bertz CT molecular complexity index is 1290. The number of rotatable bonds is 4. The van der Waals surface area contributed by atoms with Gasteiger partial charge in [-0.1, -0.05) is 53.5 Å². The van der Waals surface area contributed by atoms with Crippen LogP contribution in [0.4, 0.5) is 8.78 Å². The molecule has 1 aromatic heterocycles. The molecular formula is C22H11Cl2F2NO2S. The van der Waals surface area contributed by atoms with Crippen LogP contribution < -0.4 is 0 Å². The van der Waals surface area contributed by atoms with Gasteiger partial charge < -0.3 is 5.11 Å². The van der Waals surface area contributed by atoms with E-state index in [1.807, 2.05) is 5.38 Å². The van der Waals surface area contributed by atoms with Crippen molar-refractivity contribution in [2.45, 2.75) is 0 Å². The summed E-state index contributed by atoms with van der Waals surface area (Å²) in [7, 11) is 0. The predicted molar refractivity (Wildman–Crippen MR) is 115 cm³/mol. The number of aromatic carboxylic acids is 1. The van der Waals surface area contributed by atoms with Crippen molar-refractivity contribution in [3.63, 3.8) is 0 Å². The van der Waals surface area contributed by atoms with Gasteiger partial charge in [0.15, 0.2) is 11.6 Å². The molecule has 0 unspecified atom stereocenters. The number of thiazole rings is 1. The molecule has 8 heteroatoms. The molecule has 0 aliphatic heterocycles. The van der Waals surface area contributed by atoms with Gasteiger partial charge in [0.1, 0.15) is 5.01 Å². The van der Waals surface area contributed by atoms with Crippen LogP contribution in [-0.4, -0.2) is 16.1 Å². The van der Waals surface area contributed by atoms with Crippen LogP contribution in [-0.2, 0) is 0 Å². The van der Waals surface area contributed by atoms with Crippen molar-refractivity contribution in [3.05, 3.63) is 87.2 Å². The van der Waals surface area contributed by atoms with Crippen molar-refractivity contribution in [2.24, 2.45) is 0 Å². The first-order valence-electron chi connectivity index (χ1n) is 8.58. The van der Waals surface area contributed by atoms with Crippen molar-refractivity contribution in [1.82, 2.24) is 4.98 Å². The van der Waals surface area contributed by atoms with Crippen LogP contribution in [0.5, 0.6) is 0 Å². The van der Waals surface area contributed by atoms with Gasteiger partial charge in [0.05, 0.1) is 21.3 Å². The van der Waals surface area contributed by atoms with E-state index in [2.05, 4.69) is 4.98 Å². The number of nitrogens with zero attached hydrogens (tertiary/aromatic N) is 1.